The summed E-state index contributed by atoms with van der Waals surface area (Å²) in [6, 6.07) is 57.7. The molecule has 0 aliphatic rings. The summed E-state index contributed by atoms with van der Waals surface area (Å²) >= 11 is 0. The SMILES string of the molecule is c1ccc(-c2nc(-c3cccc(-c4cccc5c6cccc7oc8cccc(c45)c8c76)c3)cc(-n3c4ccccc4c4ccccc43)n2)cc1. The normalized spacial score (nSPS) is 12.0. The number of fused-ring (bicyclic) bond motifs is 6. The molecular formula is C46H27N3O. The number of hydrogen-bond donors (Lipinski definition) is 0. The number of nitrogens with zero attached hydrogens (tertiary/aromatic N) is 3. The summed E-state index contributed by atoms with van der Waals surface area (Å²) in [6.07, 6.45) is 0. The van der Waals surface area contributed by atoms with Gasteiger partial charge in [-0.15, -0.1) is 0 Å². The fraction of sp³-hybridized carbons (Fsp3) is 0. The van der Waals surface area contributed by atoms with Gasteiger partial charge in [-0.2, -0.15) is 0 Å². The van der Waals surface area contributed by atoms with Gasteiger partial charge in [-0.1, -0.05) is 127 Å². The summed E-state index contributed by atoms with van der Waals surface area (Å²) in [4.78, 5) is 10.4. The van der Waals surface area contributed by atoms with E-state index in [0.29, 0.717) is 5.82 Å². The van der Waals surface area contributed by atoms with Crippen LogP contribution >= 0.6 is 0 Å². The van der Waals surface area contributed by atoms with Crippen molar-refractivity contribution in [2.24, 2.45) is 0 Å². The van der Waals surface area contributed by atoms with Gasteiger partial charge in [0.05, 0.1) is 16.7 Å². The van der Waals surface area contributed by atoms with Gasteiger partial charge in [0.2, 0.25) is 0 Å². The smallest absolute Gasteiger partial charge is 0.162 e. The van der Waals surface area contributed by atoms with Crippen molar-refractivity contribution in [2.75, 3.05) is 0 Å². The maximum absolute atomic E-state index is 6.33. The van der Waals surface area contributed by atoms with Crippen molar-refractivity contribution in [1.82, 2.24) is 14.5 Å². The molecule has 0 atom stereocenters. The summed E-state index contributed by atoms with van der Waals surface area (Å²) in [6.45, 7) is 0. The molecule has 0 aliphatic heterocycles. The minimum absolute atomic E-state index is 0.690. The van der Waals surface area contributed by atoms with Crippen molar-refractivity contribution in [3.63, 3.8) is 0 Å². The largest absolute Gasteiger partial charge is 0.456 e. The first-order valence-electron chi connectivity index (χ1n) is 16.9. The molecule has 0 saturated carbocycles. The van der Waals surface area contributed by atoms with E-state index < -0.39 is 0 Å². The van der Waals surface area contributed by atoms with E-state index in [1.165, 1.54) is 48.7 Å². The Morgan fingerprint density at radius 2 is 0.960 bits per heavy atom. The Morgan fingerprint density at radius 1 is 0.400 bits per heavy atom. The van der Waals surface area contributed by atoms with Gasteiger partial charge in [0.1, 0.15) is 17.0 Å². The lowest BCUT2D eigenvalue weighted by atomic mass is 9.89. The van der Waals surface area contributed by atoms with Crippen LogP contribution in [0.25, 0.3) is 105 Å². The monoisotopic (exact) mass is 637 g/mol. The Balaban J connectivity index is 1.16. The second-order valence-corrected chi connectivity index (χ2v) is 12.9. The lowest BCUT2D eigenvalue weighted by Crippen LogP contribution is -2.02. The molecule has 4 heteroatoms. The number of benzene rings is 8. The molecule has 0 amide bonds. The second-order valence-electron chi connectivity index (χ2n) is 12.9. The Morgan fingerprint density at radius 3 is 1.72 bits per heavy atom. The van der Waals surface area contributed by atoms with Crippen molar-refractivity contribution >= 4 is 65.3 Å². The lowest BCUT2D eigenvalue weighted by molar-refractivity contribution is 0.669. The van der Waals surface area contributed by atoms with E-state index in [1.807, 2.05) is 18.2 Å². The molecular weight excluding hydrogens is 611 g/mol. The van der Waals surface area contributed by atoms with Crippen LogP contribution in [0.1, 0.15) is 0 Å². The van der Waals surface area contributed by atoms with Crippen LogP contribution in [-0.2, 0) is 0 Å². The molecule has 0 fully saturated rings. The van der Waals surface area contributed by atoms with Crippen molar-refractivity contribution in [3.05, 3.63) is 164 Å². The molecule has 0 radical (unpaired) electrons. The molecule has 0 unspecified atom stereocenters. The van der Waals surface area contributed by atoms with Crippen LogP contribution in [0.5, 0.6) is 0 Å². The van der Waals surface area contributed by atoms with Crippen LogP contribution in [0, 0.1) is 0 Å². The number of para-hydroxylation sites is 2. The van der Waals surface area contributed by atoms with Gasteiger partial charge in [-0.3, -0.25) is 4.57 Å². The maximum Gasteiger partial charge on any atom is 0.162 e. The highest BCUT2D eigenvalue weighted by Gasteiger charge is 2.20. The Labute approximate surface area is 286 Å². The molecule has 11 aromatic rings. The third kappa shape index (κ3) is 3.87. The fourth-order valence-corrected chi connectivity index (χ4v) is 8.04. The van der Waals surface area contributed by atoms with E-state index >= 15 is 0 Å². The molecule has 4 nitrogen and oxygen atoms in total. The highest BCUT2D eigenvalue weighted by atomic mass is 16.3. The standard InChI is InChI=1S/C46H27N3O/c1-2-12-28(13-3-1)46-47-37(27-42(48-46)49-38-22-6-4-16-32(38)33-17-5-7-23-39(33)49)30-15-8-14-29(26-30)31-18-9-19-34-35-20-10-24-40-44(35)45-36(43(31)34)21-11-25-41(45)50-40/h1-27H. The lowest BCUT2D eigenvalue weighted by Gasteiger charge is -2.14. The van der Waals surface area contributed by atoms with E-state index in [9.17, 15) is 0 Å². The third-order valence-corrected chi connectivity index (χ3v) is 10.2. The summed E-state index contributed by atoms with van der Waals surface area (Å²) in [7, 11) is 0. The van der Waals surface area contributed by atoms with Crippen LogP contribution in [0.2, 0.25) is 0 Å². The molecule has 8 aromatic carbocycles. The van der Waals surface area contributed by atoms with E-state index in [2.05, 4.69) is 150 Å². The van der Waals surface area contributed by atoms with Crippen LogP contribution in [-0.4, -0.2) is 14.5 Å². The zero-order chi connectivity index (χ0) is 32.8. The van der Waals surface area contributed by atoms with Crippen LogP contribution in [0.15, 0.2) is 168 Å². The fourth-order valence-electron chi connectivity index (χ4n) is 8.04. The first-order chi connectivity index (χ1) is 24.8. The molecule has 0 aliphatic carbocycles. The highest BCUT2D eigenvalue weighted by molar-refractivity contribution is 6.34. The number of hydrogen-bond acceptors (Lipinski definition) is 3. The van der Waals surface area contributed by atoms with Gasteiger partial charge in [-0.05, 0) is 63.0 Å². The average Bonchev–Trinajstić information content (AvgIpc) is 3.74. The summed E-state index contributed by atoms with van der Waals surface area (Å²) in [5, 5.41) is 9.66. The first kappa shape index (κ1) is 27.2. The summed E-state index contributed by atoms with van der Waals surface area (Å²) in [5.74, 6) is 1.52. The van der Waals surface area contributed by atoms with Crippen molar-refractivity contribution in [3.8, 4) is 39.6 Å². The maximum atomic E-state index is 6.33. The predicted octanol–water partition coefficient (Wildman–Crippen LogP) is 12.2. The third-order valence-electron chi connectivity index (χ3n) is 10.2. The molecule has 232 valence electrons. The topological polar surface area (TPSA) is 43.9 Å². The Kier molecular flexibility index (Phi) is 5.63. The number of aromatic nitrogens is 3. The minimum Gasteiger partial charge on any atom is -0.456 e. The van der Waals surface area contributed by atoms with Gasteiger partial charge < -0.3 is 4.42 Å². The summed E-state index contributed by atoms with van der Waals surface area (Å²) < 4.78 is 8.60. The van der Waals surface area contributed by atoms with Gasteiger partial charge >= 0.3 is 0 Å². The van der Waals surface area contributed by atoms with E-state index in [-0.39, 0.29) is 0 Å². The second kappa shape index (κ2) is 10.4. The molecule has 11 rings (SSSR count). The molecule has 0 saturated heterocycles. The van der Waals surface area contributed by atoms with Gasteiger partial charge in [0, 0.05) is 38.7 Å². The summed E-state index contributed by atoms with van der Waals surface area (Å²) in [5.41, 5.74) is 9.27. The molecule has 0 N–H and O–H groups in total. The minimum atomic E-state index is 0.690. The van der Waals surface area contributed by atoms with Gasteiger partial charge in [0.25, 0.3) is 0 Å². The first-order valence-corrected chi connectivity index (χ1v) is 16.9. The Bertz CT molecular complexity index is 3040. The van der Waals surface area contributed by atoms with Gasteiger partial charge in [0.15, 0.2) is 5.82 Å². The van der Waals surface area contributed by atoms with E-state index in [4.69, 9.17) is 14.4 Å². The zero-order valence-corrected chi connectivity index (χ0v) is 26.8. The average molecular weight is 638 g/mol. The molecule has 50 heavy (non-hydrogen) atoms. The van der Waals surface area contributed by atoms with Crippen LogP contribution < -0.4 is 0 Å². The van der Waals surface area contributed by atoms with E-state index in [0.717, 1.165) is 50.4 Å². The highest BCUT2D eigenvalue weighted by Crippen LogP contribution is 2.45. The van der Waals surface area contributed by atoms with Crippen molar-refractivity contribution in [1.29, 1.82) is 0 Å². The molecule has 3 heterocycles. The Hall–Kier alpha value is -6.78. The molecule has 0 bridgehead atoms. The van der Waals surface area contributed by atoms with Crippen molar-refractivity contribution in [2.45, 2.75) is 0 Å². The van der Waals surface area contributed by atoms with Crippen LogP contribution in [0.3, 0.4) is 0 Å². The molecule has 3 aromatic heterocycles. The number of rotatable bonds is 4. The quantitative estimate of drug-likeness (QED) is 0.180. The van der Waals surface area contributed by atoms with E-state index in [1.54, 1.807) is 0 Å². The predicted molar refractivity (Wildman–Crippen MR) is 206 cm³/mol. The number of furan rings is 1. The van der Waals surface area contributed by atoms with Crippen LogP contribution in [0.4, 0.5) is 0 Å². The zero-order valence-electron chi connectivity index (χ0n) is 26.8. The van der Waals surface area contributed by atoms with Gasteiger partial charge in [-0.25, -0.2) is 9.97 Å². The molecule has 0 spiro atoms. The van der Waals surface area contributed by atoms with Crippen molar-refractivity contribution < 1.29 is 4.42 Å².